The number of aromatic nitrogens is 3. The number of esters is 1. The lowest BCUT2D eigenvalue weighted by atomic mass is 10.3. The molecule has 1 N–H and O–H groups in total. The average molecular weight is 292 g/mol. The average Bonchev–Trinajstić information content (AvgIpc) is 2.84. The first-order valence-electron chi connectivity index (χ1n) is 6.12. The van der Waals surface area contributed by atoms with Gasteiger partial charge in [0.1, 0.15) is 10.8 Å². The predicted octanol–water partition coefficient (Wildman–Crippen LogP) is 2.51. The van der Waals surface area contributed by atoms with Crippen LogP contribution in [0.2, 0.25) is 0 Å². The summed E-state index contributed by atoms with van der Waals surface area (Å²) in [7, 11) is 1.31. The molecule has 0 saturated carbocycles. The molecule has 0 aliphatic rings. The fourth-order valence-electron chi connectivity index (χ4n) is 1.68. The first-order valence-corrected chi connectivity index (χ1v) is 7.00. The Balaban J connectivity index is 2.20. The van der Waals surface area contributed by atoms with Crippen molar-refractivity contribution in [2.45, 2.75) is 26.8 Å². The summed E-state index contributed by atoms with van der Waals surface area (Å²) in [6.45, 7) is 5.75. The topological polar surface area (TPSA) is 77.0 Å². The molecule has 0 fully saturated rings. The van der Waals surface area contributed by atoms with E-state index in [0.29, 0.717) is 11.5 Å². The Labute approximate surface area is 121 Å². The summed E-state index contributed by atoms with van der Waals surface area (Å²) in [5.41, 5.74) is 1.69. The molecule has 106 valence electrons. The third-order valence-corrected chi connectivity index (χ3v) is 3.74. The molecule has 0 bridgehead atoms. The maximum atomic E-state index is 11.5. The molecule has 0 saturated heterocycles. The first-order chi connectivity index (χ1) is 9.49. The van der Waals surface area contributed by atoms with Crippen LogP contribution in [0.1, 0.15) is 40.0 Å². The van der Waals surface area contributed by atoms with Crippen molar-refractivity contribution in [3.63, 3.8) is 0 Å². The van der Waals surface area contributed by atoms with Gasteiger partial charge in [0, 0.05) is 22.8 Å². The molecule has 2 rings (SSSR count). The maximum absolute atomic E-state index is 11.5. The smallest absolute Gasteiger partial charge is 0.376 e. The van der Waals surface area contributed by atoms with Gasteiger partial charge in [-0.1, -0.05) is 0 Å². The monoisotopic (exact) mass is 292 g/mol. The fraction of sp³-hybridized carbons (Fsp3) is 0.385. The zero-order valence-corrected chi connectivity index (χ0v) is 12.6. The van der Waals surface area contributed by atoms with Crippen molar-refractivity contribution in [1.82, 2.24) is 15.0 Å². The van der Waals surface area contributed by atoms with Crippen LogP contribution in [0.25, 0.3) is 0 Å². The molecule has 0 amide bonds. The van der Waals surface area contributed by atoms with Crippen LogP contribution in [-0.4, -0.2) is 28.0 Å². The molecular weight excluding hydrogens is 276 g/mol. The summed E-state index contributed by atoms with van der Waals surface area (Å²) in [6, 6.07) is 1.79. The van der Waals surface area contributed by atoms with E-state index in [-0.39, 0.29) is 11.9 Å². The van der Waals surface area contributed by atoms with Crippen LogP contribution in [0.15, 0.2) is 11.4 Å². The van der Waals surface area contributed by atoms with E-state index in [0.717, 1.165) is 10.7 Å². The number of nitrogens with zero attached hydrogens (tertiary/aromatic N) is 3. The molecule has 7 heteroatoms. The highest BCUT2D eigenvalue weighted by atomic mass is 32.1. The number of nitrogens with one attached hydrogen (secondary N) is 1. The summed E-state index contributed by atoms with van der Waals surface area (Å²) < 4.78 is 4.64. The predicted molar refractivity (Wildman–Crippen MR) is 77.0 cm³/mol. The number of methoxy groups -OCH3 is 1. The Kier molecular flexibility index (Phi) is 4.29. The third kappa shape index (κ3) is 3.30. The van der Waals surface area contributed by atoms with Crippen molar-refractivity contribution in [3.05, 3.63) is 33.7 Å². The van der Waals surface area contributed by atoms with Crippen molar-refractivity contribution in [3.8, 4) is 0 Å². The number of hydrogen-bond donors (Lipinski definition) is 1. The van der Waals surface area contributed by atoms with Crippen LogP contribution in [0.5, 0.6) is 0 Å². The highest BCUT2D eigenvalue weighted by Crippen LogP contribution is 2.21. The Hall–Kier alpha value is -2.02. The fourth-order valence-corrected chi connectivity index (χ4v) is 2.48. The Morgan fingerprint density at radius 2 is 2.05 bits per heavy atom. The molecule has 0 spiro atoms. The van der Waals surface area contributed by atoms with Crippen LogP contribution >= 0.6 is 11.3 Å². The van der Waals surface area contributed by atoms with Gasteiger partial charge in [0.25, 0.3) is 0 Å². The molecule has 6 nitrogen and oxygen atoms in total. The van der Waals surface area contributed by atoms with Gasteiger partial charge in [-0.05, 0) is 20.8 Å². The lowest BCUT2D eigenvalue weighted by Crippen LogP contribution is -2.13. The van der Waals surface area contributed by atoms with E-state index >= 15 is 0 Å². The summed E-state index contributed by atoms with van der Waals surface area (Å²) in [5, 5.41) is 6.19. The van der Waals surface area contributed by atoms with Crippen molar-refractivity contribution < 1.29 is 9.53 Å². The van der Waals surface area contributed by atoms with Crippen LogP contribution in [-0.2, 0) is 4.74 Å². The second-order valence-electron chi connectivity index (χ2n) is 4.40. The highest BCUT2D eigenvalue weighted by molar-refractivity contribution is 7.09. The van der Waals surface area contributed by atoms with Gasteiger partial charge in [0.15, 0.2) is 0 Å². The van der Waals surface area contributed by atoms with E-state index in [1.807, 2.05) is 19.2 Å². The summed E-state index contributed by atoms with van der Waals surface area (Å²) in [4.78, 5) is 24.1. The normalized spacial score (nSPS) is 12.0. The summed E-state index contributed by atoms with van der Waals surface area (Å²) >= 11 is 1.59. The lowest BCUT2D eigenvalue weighted by Gasteiger charge is -2.12. The quantitative estimate of drug-likeness (QED) is 0.872. The molecule has 2 heterocycles. The van der Waals surface area contributed by atoms with Gasteiger partial charge in [0.2, 0.25) is 5.82 Å². The van der Waals surface area contributed by atoms with Crippen molar-refractivity contribution in [2.24, 2.45) is 0 Å². The van der Waals surface area contributed by atoms with E-state index in [1.54, 1.807) is 24.3 Å². The van der Waals surface area contributed by atoms with Crippen LogP contribution < -0.4 is 5.32 Å². The minimum atomic E-state index is -0.547. The minimum Gasteiger partial charge on any atom is -0.463 e. The van der Waals surface area contributed by atoms with Gasteiger partial charge in [-0.2, -0.15) is 0 Å². The second kappa shape index (κ2) is 5.96. The van der Waals surface area contributed by atoms with Gasteiger partial charge < -0.3 is 10.1 Å². The molecule has 20 heavy (non-hydrogen) atoms. The number of anilines is 1. The Bertz CT molecular complexity index is 627. The molecule has 0 aliphatic heterocycles. The van der Waals surface area contributed by atoms with E-state index < -0.39 is 5.97 Å². The largest absolute Gasteiger partial charge is 0.463 e. The SMILES string of the molecule is COC(=O)c1nc(C)cc(NC(C)c2nc(C)cs2)n1. The molecule has 0 radical (unpaired) electrons. The van der Waals surface area contributed by atoms with Gasteiger partial charge in [-0.3, -0.25) is 0 Å². The number of hydrogen-bond acceptors (Lipinski definition) is 7. The Morgan fingerprint density at radius 3 is 2.65 bits per heavy atom. The van der Waals surface area contributed by atoms with Gasteiger partial charge in [-0.25, -0.2) is 19.7 Å². The molecule has 1 unspecified atom stereocenters. The first kappa shape index (κ1) is 14.4. The number of rotatable bonds is 4. The minimum absolute atomic E-state index is 0.00787. The summed E-state index contributed by atoms with van der Waals surface area (Å²) in [6.07, 6.45) is 0. The van der Waals surface area contributed by atoms with Gasteiger partial charge in [-0.15, -0.1) is 11.3 Å². The van der Waals surface area contributed by atoms with E-state index in [2.05, 4.69) is 25.0 Å². The zero-order valence-electron chi connectivity index (χ0n) is 11.8. The highest BCUT2D eigenvalue weighted by Gasteiger charge is 2.14. The van der Waals surface area contributed by atoms with Crippen molar-refractivity contribution in [2.75, 3.05) is 12.4 Å². The molecule has 2 aromatic rings. The van der Waals surface area contributed by atoms with Crippen LogP contribution in [0, 0.1) is 13.8 Å². The molecular formula is C13H16N4O2S. The third-order valence-electron chi connectivity index (χ3n) is 2.59. The Morgan fingerprint density at radius 1 is 1.30 bits per heavy atom. The number of thiazole rings is 1. The van der Waals surface area contributed by atoms with E-state index in [4.69, 9.17) is 0 Å². The van der Waals surface area contributed by atoms with Gasteiger partial charge >= 0.3 is 5.97 Å². The molecule has 0 aliphatic carbocycles. The van der Waals surface area contributed by atoms with Crippen LogP contribution in [0.3, 0.4) is 0 Å². The standard InChI is InChI=1S/C13H16N4O2S/c1-7-5-10(17-11(14-7)13(18)19-4)16-9(3)12-15-8(2)6-20-12/h5-6,9H,1-4H3,(H,14,16,17). The number of carbonyl (C=O) groups is 1. The second-order valence-corrected chi connectivity index (χ2v) is 5.29. The van der Waals surface area contributed by atoms with Crippen molar-refractivity contribution >= 4 is 23.1 Å². The van der Waals surface area contributed by atoms with Gasteiger partial charge in [0.05, 0.1) is 13.2 Å². The van der Waals surface area contributed by atoms with Crippen LogP contribution in [0.4, 0.5) is 5.82 Å². The number of aryl methyl sites for hydroxylation is 2. The summed E-state index contributed by atoms with van der Waals surface area (Å²) in [5.74, 6) is 0.0882. The zero-order chi connectivity index (χ0) is 14.7. The maximum Gasteiger partial charge on any atom is 0.376 e. The lowest BCUT2D eigenvalue weighted by molar-refractivity contribution is 0.0586. The molecule has 1 atom stereocenters. The van der Waals surface area contributed by atoms with Crippen molar-refractivity contribution in [1.29, 1.82) is 0 Å². The molecule has 0 aromatic carbocycles. The molecule has 2 aromatic heterocycles. The van der Waals surface area contributed by atoms with E-state index in [1.165, 1.54) is 7.11 Å². The number of ether oxygens (including phenoxy) is 1. The van der Waals surface area contributed by atoms with E-state index in [9.17, 15) is 4.79 Å². The number of carbonyl (C=O) groups excluding carboxylic acids is 1.